The zero-order valence-electron chi connectivity index (χ0n) is 9.72. The number of furan rings is 1. The van der Waals surface area contributed by atoms with Crippen LogP contribution in [0.3, 0.4) is 0 Å². The molecular formula is C12H15N3OS. The standard InChI is InChI=1S/C12H15N3OS/c1-2-13-8-10-4-5-11(16-10)9-17-12-14-6-3-7-15-12/h3-7,13H,2,8-9H2,1H3. The highest BCUT2D eigenvalue weighted by molar-refractivity contribution is 7.98. The predicted octanol–water partition coefficient (Wildman–Crippen LogP) is 2.47. The zero-order valence-corrected chi connectivity index (χ0v) is 10.5. The van der Waals surface area contributed by atoms with Crippen molar-refractivity contribution in [2.24, 2.45) is 0 Å². The van der Waals surface area contributed by atoms with Crippen molar-refractivity contribution in [1.82, 2.24) is 15.3 Å². The zero-order chi connectivity index (χ0) is 11.9. The van der Waals surface area contributed by atoms with Crippen LogP contribution >= 0.6 is 11.8 Å². The van der Waals surface area contributed by atoms with E-state index in [4.69, 9.17) is 4.42 Å². The Morgan fingerprint density at radius 2 is 2.00 bits per heavy atom. The number of hydrogen-bond donors (Lipinski definition) is 1. The van der Waals surface area contributed by atoms with E-state index < -0.39 is 0 Å². The Morgan fingerprint density at radius 1 is 1.24 bits per heavy atom. The van der Waals surface area contributed by atoms with Crippen LogP contribution in [0.25, 0.3) is 0 Å². The van der Waals surface area contributed by atoms with Crippen molar-refractivity contribution in [1.29, 1.82) is 0 Å². The number of nitrogens with zero attached hydrogens (tertiary/aromatic N) is 2. The minimum Gasteiger partial charge on any atom is -0.464 e. The second kappa shape index (κ2) is 6.42. The van der Waals surface area contributed by atoms with E-state index in [-0.39, 0.29) is 0 Å². The molecule has 0 bridgehead atoms. The number of nitrogens with one attached hydrogen (secondary N) is 1. The van der Waals surface area contributed by atoms with Gasteiger partial charge in [-0.15, -0.1) is 0 Å². The molecule has 0 aromatic carbocycles. The van der Waals surface area contributed by atoms with Gasteiger partial charge in [0.05, 0.1) is 12.3 Å². The van der Waals surface area contributed by atoms with E-state index in [9.17, 15) is 0 Å². The Labute approximate surface area is 105 Å². The Hall–Kier alpha value is -1.33. The van der Waals surface area contributed by atoms with Crippen LogP contribution < -0.4 is 5.32 Å². The first-order valence-corrected chi connectivity index (χ1v) is 6.55. The smallest absolute Gasteiger partial charge is 0.187 e. The minimum absolute atomic E-state index is 0.760. The monoisotopic (exact) mass is 249 g/mol. The van der Waals surface area contributed by atoms with Crippen LogP contribution in [0.2, 0.25) is 0 Å². The molecule has 0 spiro atoms. The molecule has 0 saturated heterocycles. The molecular weight excluding hydrogens is 234 g/mol. The van der Waals surface area contributed by atoms with Crippen LogP contribution in [0.5, 0.6) is 0 Å². The maximum atomic E-state index is 5.67. The van der Waals surface area contributed by atoms with Crippen LogP contribution in [-0.2, 0) is 12.3 Å². The van der Waals surface area contributed by atoms with Gasteiger partial charge in [-0.05, 0) is 24.7 Å². The van der Waals surface area contributed by atoms with Gasteiger partial charge < -0.3 is 9.73 Å². The molecule has 2 aromatic heterocycles. The van der Waals surface area contributed by atoms with E-state index in [1.807, 2.05) is 18.2 Å². The van der Waals surface area contributed by atoms with Gasteiger partial charge >= 0.3 is 0 Å². The second-order valence-electron chi connectivity index (χ2n) is 3.47. The number of rotatable bonds is 6. The largest absolute Gasteiger partial charge is 0.464 e. The Balaban J connectivity index is 1.85. The molecule has 0 radical (unpaired) electrons. The molecule has 0 saturated carbocycles. The molecule has 0 fully saturated rings. The SMILES string of the molecule is CCNCc1ccc(CSc2ncccn2)o1. The first kappa shape index (κ1) is 12.1. The van der Waals surface area contributed by atoms with E-state index in [0.29, 0.717) is 0 Å². The van der Waals surface area contributed by atoms with Crippen molar-refractivity contribution in [3.8, 4) is 0 Å². The quantitative estimate of drug-likeness (QED) is 0.629. The van der Waals surface area contributed by atoms with Crippen molar-refractivity contribution in [3.63, 3.8) is 0 Å². The summed E-state index contributed by atoms with van der Waals surface area (Å²) >= 11 is 1.57. The van der Waals surface area contributed by atoms with Crippen molar-refractivity contribution >= 4 is 11.8 Å². The normalized spacial score (nSPS) is 10.6. The molecule has 0 unspecified atom stereocenters. The van der Waals surface area contributed by atoms with Crippen molar-refractivity contribution < 1.29 is 4.42 Å². The molecule has 2 rings (SSSR count). The van der Waals surface area contributed by atoms with Crippen molar-refractivity contribution in [2.75, 3.05) is 6.54 Å². The van der Waals surface area contributed by atoms with Gasteiger partial charge in [-0.2, -0.15) is 0 Å². The lowest BCUT2D eigenvalue weighted by Crippen LogP contribution is -2.10. The highest BCUT2D eigenvalue weighted by Crippen LogP contribution is 2.19. The fourth-order valence-electron chi connectivity index (χ4n) is 1.34. The predicted molar refractivity (Wildman–Crippen MR) is 67.7 cm³/mol. The van der Waals surface area contributed by atoms with Crippen molar-refractivity contribution in [2.45, 2.75) is 24.4 Å². The average Bonchev–Trinajstić information content (AvgIpc) is 2.83. The van der Waals surface area contributed by atoms with Gasteiger partial charge in [-0.25, -0.2) is 9.97 Å². The third-order valence-electron chi connectivity index (χ3n) is 2.15. The molecule has 0 aliphatic heterocycles. The first-order valence-electron chi connectivity index (χ1n) is 5.56. The fraction of sp³-hybridized carbons (Fsp3) is 0.333. The molecule has 0 aliphatic carbocycles. The minimum atomic E-state index is 0.760. The molecule has 90 valence electrons. The molecule has 2 heterocycles. The summed E-state index contributed by atoms with van der Waals surface area (Å²) in [4.78, 5) is 8.30. The highest BCUT2D eigenvalue weighted by atomic mass is 32.2. The van der Waals surface area contributed by atoms with E-state index >= 15 is 0 Å². The lowest BCUT2D eigenvalue weighted by molar-refractivity contribution is 0.462. The van der Waals surface area contributed by atoms with Gasteiger partial charge in [0.25, 0.3) is 0 Å². The van der Waals surface area contributed by atoms with E-state index in [2.05, 4.69) is 22.2 Å². The average molecular weight is 249 g/mol. The maximum Gasteiger partial charge on any atom is 0.187 e. The fourth-order valence-corrected chi connectivity index (χ4v) is 2.04. The van der Waals surface area contributed by atoms with E-state index in [1.165, 1.54) is 0 Å². The molecule has 5 heteroatoms. The summed E-state index contributed by atoms with van der Waals surface area (Å²) < 4.78 is 5.67. The Kier molecular flexibility index (Phi) is 4.58. The van der Waals surface area contributed by atoms with Gasteiger partial charge in [0.15, 0.2) is 5.16 Å². The molecule has 2 aromatic rings. The maximum absolute atomic E-state index is 5.67. The van der Waals surface area contributed by atoms with E-state index in [0.717, 1.165) is 35.5 Å². The second-order valence-corrected chi connectivity index (χ2v) is 4.41. The molecule has 0 amide bonds. The van der Waals surface area contributed by atoms with Gasteiger partial charge in [0.1, 0.15) is 11.5 Å². The highest BCUT2D eigenvalue weighted by Gasteiger charge is 2.03. The lowest BCUT2D eigenvalue weighted by Gasteiger charge is -1.98. The summed E-state index contributed by atoms with van der Waals surface area (Å²) in [5, 5.41) is 4.00. The summed E-state index contributed by atoms with van der Waals surface area (Å²) in [6.45, 7) is 3.80. The van der Waals surface area contributed by atoms with Gasteiger partial charge in [0, 0.05) is 12.4 Å². The van der Waals surface area contributed by atoms with Gasteiger partial charge in [-0.3, -0.25) is 0 Å². The Bertz CT molecular complexity index is 444. The van der Waals surface area contributed by atoms with E-state index in [1.54, 1.807) is 24.2 Å². The van der Waals surface area contributed by atoms with Gasteiger partial charge in [-0.1, -0.05) is 18.7 Å². The summed E-state index contributed by atoms with van der Waals surface area (Å²) in [7, 11) is 0. The lowest BCUT2D eigenvalue weighted by atomic mass is 10.4. The topological polar surface area (TPSA) is 51.0 Å². The van der Waals surface area contributed by atoms with Crippen LogP contribution in [0.4, 0.5) is 0 Å². The molecule has 4 nitrogen and oxygen atoms in total. The van der Waals surface area contributed by atoms with Crippen LogP contribution in [0.1, 0.15) is 18.4 Å². The molecule has 17 heavy (non-hydrogen) atoms. The third-order valence-corrected chi connectivity index (χ3v) is 3.05. The summed E-state index contributed by atoms with van der Waals surface area (Å²) in [6, 6.07) is 5.82. The number of hydrogen-bond acceptors (Lipinski definition) is 5. The Morgan fingerprint density at radius 3 is 2.76 bits per heavy atom. The number of aromatic nitrogens is 2. The number of thioether (sulfide) groups is 1. The van der Waals surface area contributed by atoms with Crippen molar-refractivity contribution in [3.05, 3.63) is 42.1 Å². The summed E-state index contributed by atoms with van der Waals surface area (Å²) in [5.41, 5.74) is 0. The molecule has 0 aliphatic rings. The molecule has 0 atom stereocenters. The van der Waals surface area contributed by atoms with Crippen LogP contribution in [0.15, 0.2) is 40.2 Å². The summed E-state index contributed by atoms with van der Waals surface area (Å²) in [6.07, 6.45) is 3.49. The van der Waals surface area contributed by atoms with Crippen LogP contribution in [0, 0.1) is 0 Å². The third kappa shape index (κ3) is 3.87. The van der Waals surface area contributed by atoms with Crippen LogP contribution in [-0.4, -0.2) is 16.5 Å². The first-order chi connectivity index (χ1) is 8.38. The van der Waals surface area contributed by atoms with Gasteiger partial charge in [0.2, 0.25) is 0 Å². The summed E-state index contributed by atoms with van der Waals surface area (Å²) in [5.74, 6) is 2.68. The molecule has 1 N–H and O–H groups in total.